The summed E-state index contributed by atoms with van der Waals surface area (Å²) in [5.41, 5.74) is 3.89. The molecule has 1 fully saturated rings. The number of halogens is 1. The highest BCUT2D eigenvalue weighted by atomic mass is 35.5. The Balaban J connectivity index is 1.52. The third-order valence-corrected chi connectivity index (χ3v) is 4.81. The Kier molecular flexibility index (Phi) is 5.01. The molecule has 0 unspecified atom stereocenters. The van der Waals surface area contributed by atoms with E-state index in [4.69, 9.17) is 11.6 Å². The molecule has 1 aliphatic heterocycles. The Hall–Kier alpha value is -1.51. The van der Waals surface area contributed by atoms with E-state index >= 15 is 0 Å². The van der Waals surface area contributed by atoms with Crippen LogP contribution < -0.4 is 5.32 Å². The molecule has 0 spiro atoms. The summed E-state index contributed by atoms with van der Waals surface area (Å²) >= 11 is 6.22. The molecule has 2 aromatic carbocycles. The van der Waals surface area contributed by atoms with E-state index in [0.29, 0.717) is 6.04 Å². The van der Waals surface area contributed by atoms with E-state index < -0.39 is 0 Å². The van der Waals surface area contributed by atoms with Crippen molar-refractivity contribution in [2.24, 2.45) is 0 Å². The molecule has 0 atom stereocenters. The van der Waals surface area contributed by atoms with Crippen molar-refractivity contribution in [3.63, 3.8) is 0 Å². The number of anilines is 1. The fraction of sp³-hybridized carbons (Fsp3) is 0.368. The van der Waals surface area contributed by atoms with Gasteiger partial charge in [-0.1, -0.05) is 48.0 Å². The lowest BCUT2D eigenvalue weighted by atomic mass is 10.0. The van der Waals surface area contributed by atoms with Gasteiger partial charge < -0.3 is 5.32 Å². The van der Waals surface area contributed by atoms with E-state index in [2.05, 4.69) is 47.5 Å². The second-order valence-electron chi connectivity index (χ2n) is 6.10. The van der Waals surface area contributed by atoms with Gasteiger partial charge in [0.15, 0.2) is 0 Å². The van der Waals surface area contributed by atoms with Gasteiger partial charge in [0.2, 0.25) is 0 Å². The molecule has 2 aromatic rings. The van der Waals surface area contributed by atoms with Gasteiger partial charge in [0.05, 0.1) is 10.7 Å². The van der Waals surface area contributed by atoms with Gasteiger partial charge >= 0.3 is 0 Å². The summed E-state index contributed by atoms with van der Waals surface area (Å²) < 4.78 is 0. The number of piperidine rings is 1. The maximum Gasteiger partial charge on any atom is 0.0637 e. The number of rotatable bonds is 4. The fourth-order valence-corrected chi connectivity index (χ4v) is 3.25. The van der Waals surface area contributed by atoms with E-state index in [1.165, 1.54) is 11.1 Å². The Morgan fingerprint density at radius 2 is 1.73 bits per heavy atom. The lowest BCUT2D eigenvalue weighted by Gasteiger charge is -2.33. The second kappa shape index (κ2) is 7.17. The summed E-state index contributed by atoms with van der Waals surface area (Å²) in [7, 11) is 0. The molecule has 1 N–H and O–H groups in total. The first-order chi connectivity index (χ1) is 10.7. The van der Waals surface area contributed by atoms with Crippen molar-refractivity contribution in [3.05, 3.63) is 64.7 Å². The summed E-state index contributed by atoms with van der Waals surface area (Å²) in [5.74, 6) is 0. The van der Waals surface area contributed by atoms with Crippen LogP contribution in [-0.2, 0) is 6.54 Å². The maximum absolute atomic E-state index is 6.22. The normalized spacial score (nSPS) is 16.6. The van der Waals surface area contributed by atoms with Crippen LogP contribution in [0.25, 0.3) is 0 Å². The van der Waals surface area contributed by atoms with Gasteiger partial charge in [-0.15, -0.1) is 0 Å². The van der Waals surface area contributed by atoms with Crippen LogP contribution in [0.4, 0.5) is 5.69 Å². The standard InChI is InChI=1S/C19H23ClN2/c1-15-6-2-3-7-16(15)14-22-12-10-17(11-13-22)21-19-9-5-4-8-18(19)20/h2-9,17,21H,10-14H2,1H3. The first kappa shape index (κ1) is 15.4. The molecule has 1 aliphatic rings. The number of hydrogen-bond donors (Lipinski definition) is 1. The molecule has 3 heteroatoms. The molecule has 0 radical (unpaired) electrons. The number of hydrogen-bond acceptors (Lipinski definition) is 2. The minimum absolute atomic E-state index is 0.521. The minimum atomic E-state index is 0.521. The molecule has 3 rings (SSSR count). The summed E-state index contributed by atoms with van der Waals surface area (Å²) in [6, 6.07) is 17.2. The molecule has 0 amide bonds. The predicted octanol–water partition coefficient (Wildman–Crippen LogP) is 4.72. The highest BCUT2D eigenvalue weighted by molar-refractivity contribution is 6.33. The largest absolute Gasteiger partial charge is 0.381 e. The highest BCUT2D eigenvalue weighted by Crippen LogP contribution is 2.24. The molecule has 0 bridgehead atoms. The topological polar surface area (TPSA) is 15.3 Å². The number of nitrogens with zero attached hydrogens (tertiary/aromatic N) is 1. The number of benzene rings is 2. The highest BCUT2D eigenvalue weighted by Gasteiger charge is 2.19. The van der Waals surface area contributed by atoms with Crippen LogP contribution in [0.1, 0.15) is 24.0 Å². The molecular weight excluding hydrogens is 292 g/mol. The van der Waals surface area contributed by atoms with Gasteiger partial charge in [0.25, 0.3) is 0 Å². The zero-order chi connectivity index (χ0) is 15.4. The summed E-state index contributed by atoms with van der Waals surface area (Å²) in [4.78, 5) is 2.55. The van der Waals surface area contributed by atoms with Crippen LogP contribution in [0.15, 0.2) is 48.5 Å². The average Bonchev–Trinajstić information content (AvgIpc) is 2.54. The second-order valence-corrected chi connectivity index (χ2v) is 6.51. The number of nitrogens with one attached hydrogen (secondary N) is 1. The summed E-state index contributed by atoms with van der Waals surface area (Å²) in [5, 5.41) is 4.40. The average molecular weight is 315 g/mol. The van der Waals surface area contributed by atoms with Crippen molar-refractivity contribution in [1.82, 2.24) is 4.90 Å². The minimum Gasteiger partial charge on any atom is -0.381 e. The van der Waals surface area contributed by atoms with E-state index in [1.54, 1.807) is 0 Å². The monoisotopic (exact) mass is 314 g/mol. The third kappa shape index (κ3) is 3.82. The van der Waals surface area contributed by atoms with Crippen molar-refractivity contribution >= 4 is 17.3 Å². The van der Waals surface area contributed by atoms with Crippen molar-refractivity contribution in [3.8, 4) is 0 Å². The molecule has 0 aliphatic carbocycles. The van der Waals surface area contributed by atoms with Crippen molar-refractivity contribution in [1.29, 1.82) is 0 Å². The Bertz CT molecular complexity index is 563. The Morgan fingerprint density at radius 1 is 1.05 bits per heavy atom. The first-order valence-electron chi connectivity index (χ1n) is 8.00. The van der Waals surface area contributed by atoms with Gasteiger partial charge in [-0.3, -0.25) is 4.90 Å². The van der Waals surface area contributed by atoms with Crippen molar-refractivity contribution in [2.75, 3.05) is 18.4 Å². The predicted molar refractivity (Wildman–Crippen MR) is 94.6 cm³/mol. The summed E-state index contributed by atoms with van der Waals surface area (Å²) in [6.07, 6.45) is 2.33. The number of para-hydroxylation sites is 1. The van der Waals surface area contributed by atoms with E-state index in [-0.39, 0.29) is 0 Å². The van der Waals surface area contributed by atoms with Gasteiger partial charge in [0.1, 0.15) is 0 Å². The van der Waals surface area contributed by atoms with Crippen LogP contribution in [0.3, 0.4) is 0 Å². The zero-order valence-corrected chi connectivity index (χ0v) is 13.8. The molecule has 0 saturated carbocycles. The Labute approximate surface area is 138 Å². The van der Waals surface area contributed by atoms with Gasteiger partial charge in [-0.25, -0.2) is 0 Å². The van der Waals surface area contributed by atoms with E-state index in [1.807, 2.05) is 18.2 Å². The molecule has 22 heavy (non-hydrogen) atoms. The molecular formula is C19H23ClN2. The van der Waals surface area contributed by atoms with Crippen LogP contribution in [-0.4, -0.2) is 24.0 Å². The van der Waals surface area contributed by atoms with Gasteiger partial charge in [0, 0.05) is 25.7 Å². The lowest BCUT2D eigenvalue weighted by molar-refractivity contribution is 0.211. The number of likely N-dealkylation sites (tertiary alicyclic amines) is 1. The number of aryl methyl sites for hydroxylation is 1. The quantitative estimate of drug-likeness (QED) is 0.878. The molecule has 116 valence electrons. The van der Waals surface area contributed by atoms with Crippen LogP contribution in [0.2, 0.25) is 5.02 Å². The smallest absolute Gasteiger partial charge is 0.0637 e. The van der Waals surface area contributed by atoms with Gasteiger partial charge in [-0.05, 0) is 43.0 Å². The lowest BCUT2D eigenvalue weighted by Crippen LogP contribution is -2.38. The van der Waals surface area contributed by atoms with E-state index in [0.717, 1.165) is 43.2 Å². The molecule has 2 nitrogen and oxygen atoms in total. The van der Waals surface area contributed by atoms with Crippen LogP contribution >= 0.6 is 11.6 Å². The molecule has 1 saturated heterocycles. The molecule has 1 heterocycles. The third-order valence-electron chi connectivity index (χ3n) is 4.48. The first-order valence-corrected chi connectivity index (χ1v) is 8.38. The summed E-state index contributed by atoms with van der Waals surface area (Å²) in [6.45, 7) is 5.53. The fourth-order valence-electron chi connectivity index (χ4n) is 3.06. The van der Waals surface area contributed by atoms with Crippen molar-refractivity contribution < 1.29 is 0 Å². The van der Waals surface area contributed by atoms with Crippen LogP contribution in [0, 0.1) is 6.92 Å². The van der Waals surface area contributed by atoms with Gasteiger partial charge in [-0.2, -0.15) is 0 Å². The van der Waals surface area contributed by atoms with E-state index in [9.17, 15) is 0 Å². The Morgan fingerprint density at radius 3 is 2.45 bits per heavy atom. The van der Waals surface area contributed by atoms with Crippen LogP contribution in [0.5, 0.6) is 0 Å². The zero-order valence-electron chi connectivity index (χ0n) is 13.1. The molecule has 0 aromatic heterocycles. The maximum atomic E-state index is 6.22. The van der Waals surface area contributed by atoms with Crippen molar-refractivity contribution in [2.45, 2.75) is 32.4 Å². The SMILES string of the molecule is Cc1ccccc1CN1CCC(Nc2ccccc2Cl)CC1.